The van der Waals surface area contributed by atoms with Gasteiger partial charge in [-0.15, -0.1) is 0 Å². The van der Waals surface area contributed by atoms with Crippen LogP contribution < -0.4 is 5.32 Å². The standard InChI is InChI=1S/C22H29ClN2O2/c1-4-5-18-11-16(20(10-14(2)3)22(26)24-18)12-19-13-21(27-25-19)15-6-8-17(23)9-7-15/h6-9,13-14,16,18,20H,4-5,10-12H2,1-3H3,(H,24,26)/t16?,18-,20+/m0/s1. The van der Waals surface area contributed by atoms with Crippen LogP contribution in [0.4, 0.5) is 0 Å². The number of amides is 1. The SMILES string of the molecule is CCC[C@H]1CC(Cc2cc(-c3ccc(Cl)cc3)on2)[C@@H](CC(C)C)C(=O)N1. The third-order valence-electron chi connectivity index (χ3n) is 5.36. The largest absolute Gasteiger partial charge is 0.356 e. The Morgan fingerprint density at radius 2 is 2.04 bits per heavy atom. The average Bonchev–Trinajstić information content (AvgIpc) is 3.07. The molecule has 0 aliphatic carbocycles. The van der Waals surface area contributed by atoms with Crippen molar-refractivity contribution in [2.45, 2.75) is 58.9 Å². The monoisotopic (exact) mass is 388 g/mol. The van der Waals surface area contributed by atoms with Crippen LogP contribution in [0.5, 0.6) is 0 Å². The summed E-state index contributed by atoms with van der Waals surface area (Å²) < 4.78 is 5.56. The van der Waals surface area contributed by atoms with E-state index in [-0.39, 0.29) is 17.9 Å². The highest BCUT2D eigenvalue weighted by Gasteiger charge is 2.36. The smallest absolute Gasteiger partial charge is 0.223 e. The van der Waals surface area contributed by atoms with Crippen molar-refractivity contribution in [3.05, 3.63) is 41.0 Å². The van der Waals surface area contributed by atoms with Crippen molar-refractivity contribution >= 4 is 17.5 Å². The fourth-order valence-corrected chi connectivity index (χ4v) is 4.24. The number of halogens is 1. The Kier molecular flexibility index (Phi) is 6.59. The molecular weight excluding hydrogens is 360 g/mol. The van der Waals surface area contributed by atoms with E-state index in [0.717, 1.165) is 49.1 Å². The van der Waals surface area contributed by atoms with Gasteiger partial charge in [0.25, 0.3) is 0 Å². The molecule has 1 N–H and O–H groups in total. The van der Waals surface area contributed by atoms with Crippen molar-refractivity contribution in [1.29, 1.82) is 0 Å². The van der Waals surface area contributed by atoms with Gasteiger partial charge in [-0.2, -0.15) is 0 Å². The van der Waals surface area contributed by atoms with Gasteiger partial charge in [-0.1, -0.05) is 43.9 Å². The van der Waals surface area contributed by atoms with Gasteiger partial charge in [0, 0.05) is 28.6 Å². The minimum atomic E-state index is 0.0498. The van der Waals surface area contributed by atoms with Crippen molar-refractivity contribution in [1.82, 2.24) is 10.5 Å². The summed E-state index contributed by atoms with van der Waals surface area (Å²) in [6.45, 7) is 6.52. The molecule has 1 aliphatic heterocycles. The number of nitrogens with one attached hydrogen (secondary N) is 1. The van der Waals surface area contributed by atoms with E-state index in [1.165, 1.54) is 0 Å². The second kappa shape index (κ2) is 8.92. The molecule has 3 rings (SSSR count). The van der Waals surface area contributed by atoms with Gasteiger partial charge in [0.2, 0.25) is 5.91 Å². The number of piperidine rings is 1. The number of benzene rings is 1. The average molecular weight is 389 g/mol. The summed E-state index contributed by atoms with van der Waals surface area (Å²) >= 11 is 5.96. The van der Waals surface area contributed by atoms with Gasteiger partial charge in [-0.05, 0) is 61.8 Å². The molecule has 0 spiro atoms. The first-order valence-corrected chi connectivity index (χ1v) is 10.4. The molecule has 1 aromatic heterocycles. The fraction of sp³-hybridized carbons (Fsp3) is 0.545. The third kappa shape index (κ3) is 5.13. The molecule has 1 unspecified atom stereocenters. The number of carbonyl (C=O) groups is 1. The highest BCUT2D eigenvalue weighted by atomic mass is 35.5. The Labute approximate surface area is 166 Å². The van der Waals surface area contributed by atoms with E-state index in [2.05, 4.69) is 31.2 Å². The highest BCUT2D eigenvalue weighted by molar-refractivity contribution is 6.30. The van der Waals surface area contributed by atoms with E-state index >= 15 is 0 Å². The lowest BCUT2D eigenvalue weighted by molar-refractivity contribution is -0.131. The van der Waals surface area contributed by atoms with E-state index in [4.69, 9.17) is 16.1 Å². The van der Waals surface area contributed by atoms with E-state index in [9.17, 15) is 4.79 Å². The maximum Gasteiger partial charge on any atom is 0.223 e. The van der Waals surface area contributed by atoms with E-state index in [0.29, 0.717) is 16.9 Å². The Morgan fingerprint density at radius 3 is 2.70 bits per heavy atom. The summed E-state index contributed by atoms with van der Waals surface area (Å²) in [6, 6.07) is 9.83. The number of rotatable bonds is 7. The van der Waals surface area contributed by atoms with Gasteiger partial charge in [0.1, 0.15) is 0 Å². The first-order chi connectivity index (χ1) is 13.0. The molecule has 27 heavy (non-hydrogen) atoms. The normalized spacial score (nSPS) is 22.9. The van der Waals surface area contributed by atoms with Gasteiger partial charge in [-0.25, -0.2) is 0 Å². The molecular formula is C22H29ClN2O2. The maximum absolute atomic E-state index is 12.7. The second-order valence-corrected chi connectivity index (χ2v) is 8.56. The van der Waals surface area contributed by atoms with Crippen LogP contribution in [0, 0.1) is 17.8 Å². The van der Waals surface area contributed by atoms with E-state index < -0.39 is 0 Å². The number of hydrogen-bond acceptors (Lipinski definition) is 3. The Balaban J connectivity index is 1.76. The van der Waals surface area contributed by atoms with Gasteiger partial charge < -0.3 is 9.84 Å². The molecule has 4 nitrogen and oxygen atoms in total. The first kappa shape index (κ1) is 19.9. The zero-order valence-corrected chi connectivity index (χ0v) is 17.1. The molecule has 146 valence electrons. The molecule has 3 atom stereocenters. The number of hydrogen-bond donors (Lipinski definition) is 1. The van der Waals surface area contributed by atoms with Crippen molar-refractivity contribution in [3.8, 4) is 11.3 Å². The number of nitrogens with zero attached hydrogens (tertiary/aromatic N) is 1. The summed E-state index contributed by atoms with van der Waals surface area (Å²) in [5, 5.41) is 8.21. The van der Waals surface area contributed by atoms with Crippen LogP contribution in [0.15, 0.2) is 34.9 Å². The number of aromatic nitrogens is 1. The van der Waals surface area contributed by atoms with Gasteiger partial charge >= 0.3 is 0 Å². The number of carbonyl (C=O) groups excluding carboxylic acids is 1. The maximum atomic E-state index is 12.7. The first-order valence-electron chi connectivity index (χ1n) is 9.98. The van der Waals surface area contributed by atoms with Crippen LogP contribution >= 0.6 is 11.6 Å². The Hall–Kier alpha value is -1.81. The Morgan fingerprint density at radius 1 is 1.30 bits per heavy atom. The molecule has 0 radical (unpaired) electrons. The van der Waals surface area contributed by atoms with E-state index in [1.54, 1.807) is 0 Å². The molecule has 5 heteroatoms. The minimum Gasteiger partial charge on any atom is -0.356 e. The summed E-state index contributed by atoms with van der Waals surface area (Å²) in [7, 11) is 0. The second-order valence-electron chi connectivity index (χ2n) is 8.12. The van der Waals surface area contributed by atoms with Gasteiger partial charge in [-0.3, -0.25) is 4.79 Å². The lowest BCUT2D eigenvalue weighted by Gasteiger charge is -2.36. The zero-order valence-electron chi connectivity index (χ0n) is 16.4. The predicted molar refractivity (Wildman–Crippen MR) is 109 cm³/mol. The summed E-state index contributed by atoms with van der Waals surface area (Å²) in [6.07, 6.45) is 4.82. The molecule has 1 aliphatic rings. The Bertz CT molecular complexity index is 754. The van der Waals surface area contributed by atoms with Gasteiger partial charge in [0.15, 0.2) is 5.76 Å². The van der Waals surface area contributed by atoms with E-state index in [1.807, 2.05) is 30.3 Å². The zero-order chi connectivity index (χ0) is 19.4. The summed E-state index contributed by atoms with van der Waals surface area (Å²) in [5.41, 5.74) is 1.88. The lowest BCUT2D eigenvalue weighted by atomic mass is 9.75. The lowest BCUT2D eigenvalue weighted by Crippen LogP contribution is -2.49. The molecule has 1 aromatic carbocycles. The van der Waals surface area contributed by atoms with Crippen molar-refractivity contribution in [2.75, 3.05) is 0 Å². The van der Waals surface area contributed by atoms with Crippen LogP contribution in [-0.2, 0) is 11.2 Å². The fourth-order valence-electron chi connectivity index (χ4n) is 4.11. The topological polar surface area (TPSA) is 55.1 Å². The van der Waals surface area contributed by atoms with Crippen LogP contribution in [0.2, 0.25) is 5.02 Å². The molecule has 0 bridgehead atoms. The molecule has 0 saturated carbocycles. The van der Waals surface area contributed by atoms with Crippen LogP contribution in [0.25, 0.3) is 11.3 Å². The predicted octanol–water partition coefficient (Wildman–Crippen LogP) is 5.50. The molecule has 1 amide bonds. The molecule has 1 saturated heterocycles. The van der Waals surface area contributed by atoms with Gasteiger partial charge in [0.05, 0.1) is 5.69 Å². The van der Waals surface area contributed by atoms with Crippen molar-refractivity contribution in [3.63, 3.8) is 0 Å². The van der Waals surface area contributed by atoms with Crippen LogP contribution in [0.1, 0.15) is 52.1 Å². The summed E-state index contributed by atoms with van der Waals surface area (Å²) in [5.74, 6) is 1.80. The molecule has 1 fully saturated rings. The minimum absolute atomic E-state index is 0.0498. The van der Waals surface area contributed by atoms with Crippen LogP contribution in [-0.4, -0.2) is 17.1 Å². The van der Waals surface area contributed by atoms with Crippen molar-refractivity contribution < 1.29 is 9.32 Å². The quantitative estimate of drug-likeness (QED) is 0.680. The summed E-state index contributed by atoms with van der Waals surface area (Å²) in [4.78, 5) is 12.7. The van der Waals surface area contributed by atoms with Crippen molar-refractivity contribution in [2.24, 2.45) is 17.8 Å². The highest BCUT2D eigenvalue weighted by Crippen LogP contribution is 2.33. The third-order valence-corrected chi connectivity index (χ3v) is 5.61. The van der Waals surface area contributed by atoms with Crippen LogP contribution in [0.3, 0.4) is 0 Å². The molecule has 2 aromatic rings. The molecule has 2 heterocycles.